The SMILES string of the molecule is CN1C(=O)C[C@H](C(=O)O)C12CCN(C(=O)Cc1cccc3ccccc13)CC2. The first-order valence-electron chi connectivity index (χ1n) is 9.66. The van der Waals surface area contributed by atoms with Gasteiger partial charge in [-0.05, 0) is 29.2 Å². The number of aliphatic carboxylic acids is 1. The molecule has 28 heavy (non-hydrogen) atoms. The number of hydrogen-bond donors (Lipinski definition) is 1. The molecule has 1 atom stereocenters. The van der Waals surface area contributed by atoms with Crippen molar-refractivity contribution in [3.8, 4) is 0 Å². The molecule has 6 nitrogen and oxygen atoms in total. The van der Waals surface area contributed by atoms with E-state index in [9.17, 15) is 19.5 Å². The van der Waals surface area contributed by atoms with Gasteiger partial charge in [0.05, 0.1) is 17.9 Å². The van der Waals surface area contributed by atoms with Crippen LogP contribution >= 0.6 is 0 Å². The molecule has 0 aliphatic carbocycles. The minimum atomic E-state index is -0.923. The molecule has 6 heteroatoms. The number of likely N-dealkylation sites (tertiary alicyclic amines) is 2. The lowest BCUT2D eigenvalue weighted by Gasteiger charge is -2.45. The van der Waals surface area contributed by atoms with E-state index in [4.69, 9.17) is 0 Å². The largest absolute Gasteiger partial charge is 0.481 e. The summed E-state index contributed by atoms with van der Waals surface area (Å²) in [7, 11) is 1.69. The Balaban J connectivity index is 1.48. The zero-order valence-corrected chi connectivity index (χ0v) is 15.9. The highest BCUT2D eigenvalue weighted by Gasteiger charge is 2.55. The Morgan fingerprint density at radius 3 is 2.50 bits per heavy atom. The molecular formula is C22H24N2O4. The molecule has 2 fully saturated rings. The zero-order chi connectivity index (χ0) is 19.9. The first kappa shape index (κ1) is 18.5. The third-order valence-electron chi connectivity index (χ3n) is 6.57. The molecule has 0 unspecified atom stereocenters. The minimum absolute atomic E-state index is 0.0463. The number of carbonyl (C=O) groups excluding carboxylic acids is 2. The molecule has 1 N–H and O–H groups in total. The van der Waals surface area contributed by atoms with Gasteiger partial charge in [0.2, 0.25) is 11.8 Å². The van der Waals surface area contributed by atoms with E-state index >= 15 is 0 Å². The second kappa shape index (κ2) is 6.93. The number of benzene rings is 2. The molecule has 2 aliphatic heterocycles. The molecule has 0 radical (unpaired) electrons. The Labute approximate surface area is 163 Å². The normalized spacial score (nSPS) is 21.5. The van der Waals surface area contributed by atoms with Gasteiger partial charge in [0.15, 0.2) is 0 Å². The van der Waals surface area contributed by atoms with Gasteiger partial charge in [0.1, 0.15) is 0 Å². The zero-order valence-electron chi connectivity index (χ0n) is 15.9. The van der Waals surface area contributed by atoms with Gasteiger partial charge in [-0.15, -0.1) is 0 Å². The van der Waals surface area contributed by atoms with E-state index in [1.54, 1.807) is 11.9 Å². The van der Waals surface area contributed by atoms with Crippen LogP contribution in [-0.2, 0) is 20.8 Å². The van der Waals surface area contributed by atoms with Crippen molar-refractivity contribution in [2.45, 2.75) is 31.2 Å². The molecule has 2 amide bonds. The summed E-state index contributed by atoms with van der Waals surface area (Å²) in [5, 5.41) is 11.8. The van der Waals surface area contributed by atoms with E-state index in [2.05, 4.69) is 0 Å². The van der Waals surface area contributed by atoms with E-state index in [-0.39, 0.29) is 18.2 Å². The number of nitrogens with zero attached hydrogens (tertiary/aromatic N) is 2. The van der Waals surface area contributed by atoms with Crippen LogP contribution < -0.4 is 0 Å². The van der Waals surface area contributed by atoms with Gasteiger partial charge in [0, 0.05) is 26.6 Å². The smallest absolute Gasteiger partial charge is 0.309 e. The highest BCUT2D eigenvalue weighted by atomic mass is 16.4. The molecule has 2 aromatic rings. The summed E-state index contributed by atoms with van der Waals surface area (Å²) >= 11 is 0. The first-order chi connectivity index (χ1) is 13.4. The monoisotopic (exact) mass is 380 g/mol. The second-order valence-electron chi connectivity index (χ2n) is 7.85. The molecule has 2 aliphatic rings. The summed E-state index contributed by atoms with van der Waals surface area (Å²) in [5.41, 5.74) is 0.332. The first-order valence-corrected chi connectivity index (χ1v) is 9.66. The Bertz CT molecular complexity index is 941. The van der Waals surface area contributed by atoms with E-state index in [0.717, 1.165) is 16.3 Å². The van der Waals surface area contributed by atoms with Crippen molar-refractivity contribution in [3.63, 3.8) is 0 Å². The van der Waals surface area contributed by atoms with Crippen molar-refractivity contribution >= 4 is 28.6 Å². The van der Waals surface area contributed by atoms with Crippen molar-refractivity contribution < 1.29 is 19.5 Å². The fourth-order valence-corrected chi connectivity index (χ4v) is 4.85. The van der Waals surface area contributed by atoms with Gasteiger partial charge >= 0.3 is 5.97 Å². The van der Waals surface area contributed by atoms with Crippen molar-refractivity contribution in [1.82, 2.24) is 9.80 Å². The maximum atomic E-state index is 12.9. The topological polar surface area (TPSA) is 77.9 Å². The number of piperidine rings is 1. The molecule has 2 heterocycles. The van der Waals surface area contributed by atoms with Crippen LogP contribution in [0.25, 0.3) is 10.8 Å². The highest BCUT2D eigenvalue weighted by molar-refractivity contribution is 5.91. The van der Waals surface area contributed by atoms with E-state index in [0.29, 0.717) is 32.4 Å². The third kappa shape index (κ3) is 2.93. The fourth-order valence-electron chi connectivity index (χ4n) is 4.85. The predicted molar refractivity (Wildman–Crippen MR) is 105 cm³/mol. The molecule has 146 valence electrons. The Hall–Kier alpha value is -2.89. The lowest BCUT2D eigenvalue weighted by molar-refractivity contribution is -0.146. The Morgan fingerprint density at radius 1 is 1.11 bits per heavy atom. The van der Waals surface area contributed by atoms with Crippen molar-refractivity contribution in [2.75, 3.05) is 20.1 Å². The van der Waals surface area contributed by atoms with Gasteiger partial charge in [0.25, 0.3) is 0 Å². The van der Waals surface area contributed by atoms with Crippen LogP contribution in [0.2, 0.25) is 0 Å². The van der Waals surface area contributed by atoms with Gasteiger partial charge in [-0.3, -0.25) is 14.4 Å². The van der Waals surface area contributed by atoms with Crippen molar-refractivity contribution in [3.05, 3.63) is 48.0 Å². The average molecular weight is 380 g/mol. The maximum Gasteiger partial charge on any atom is 0.309 e. The summed E-state index contributed by atoms with van der Waals surface area (Å²) in [6, 6.07) is 14.0. The lowest BCUT2D eigenvalue weighted by Crippen LogP contribution is -2.57. The van der Waals surface area contributed by atoms with Crippen LogP contribution in [0.5, 0.6) is 0 Å². The Kier molecular flexibility index (Phi) is 4.57. The molecule has 0 bridgehead atoms. The molecule has 0 saturated carbocycles. The van der Waals surface area contributed by atoms with Crippen molar-refractivity contribution in [2.24, 2.45) is 5.92 Å². The van der Waals surface area contributed by atoms with Crippen LogP contribution in [0, 0.1) is 5.92 Å². The van der Waals surface area contributed by atoms with E-state index in [1.807, 2.05) is 47.4 Å². The van der Waals surface area contributed by atoms with Crippen LogP contribution in [0.3, 0.4) is 0 Å². The molecule has 2 aromatic carbocycles. The summed E-state index contributed by atoms with van der Waals surface area (Å²) in [4.78, 5) is 40.1. The van der Waals surface area contributed by atoms with Gasteiger partial charge in [-0.25, -0.2) is 0 Å². The van der Waals surface area contributed by atoms with Crippen LogP contribution in [-0.4, -0.2) is 58.4 Å². The summed E-state index contributed by atoms with van der Waals surface area (Å²) in [6.07, 6.45) is 1.39. The number of fused-ring (bicyclic) bond motifs is 1. The van der Waals surface area contributed by atoms with E-state index < -0.39 is 17.4 Å². The molecule has 0 aromatic heterocycles. The van der Waals surface area contributed by atoms with Crippen molar-refractivity contribution in [1.29, 1.82) is 0 Å². The van der Waals surface area contributed by atoms with Gasteiger partial charge in [-0.1, -0.05) is 42.5 Å². The van der Waals surface area contributed by atoms with Crippen LogP contribution in [0.15, 0.2) is 42.5 Å². The number of amides is 2. The number of carboxylic acid groups (broad SMARTS) is 1. The summed E-state index contributed by atoms with van der Waals surface area (Å²) < 4.78 is 0. The Morgan fingerprint density at radius 2 is 1.79 bits per heavy atom. The standard InChI is InChI=1S/C22H24N2O4/c1-23-19(25)14-18(21(27)28)22(23)9-11-24(12-10-22)20(26)13-16-7-4-6-15-5-2-3-8-17(15)16/h2-8,18H,9-14H2,1H3,(H,27,28)/t18-/m1/s1. The number of carbonyl (C=O) groups is 3. The predicted octanol–water partition coefficient (Wildman–Crippen LogP) is 2.31. The second-order valence-corrected chi connectivity index (χ2v) is 7.85. The lowest BCUT2D eigenvalue weighted by atomic mass is 9.77. The summed E-state index contributed by atoms with van der Waals surface area (Å²) in [6.45, 7) is 0.954. The summed E-state index contributed by atoms with van der Waals surface area (Å²) in [5.74, 6) is -1.69. The van der Waals surface area contributed by atoms with Gasteiger partial charge < -0.3 is 14.9 Å². The van der Waals surface area contributed by atoms with Crippen LogP contribution in [0.1, 0.15) is 24.8 Å². The average Bonchev–Trinajstić information content (AvgIpc) is 2.94. The molecule has 1 spiro atoms. The van der Waals surface area contributed by atoms with E-state index in [1.165, 1.54) is 0 Å². The number of carboxylic acids is 1. The fraction of sp³-hybridized carbons (Fsp3) is 0.409. The van der Waals surface area contributed by atoms with Crippen LogP contribution in [0.4, 0.5) is 0 Å². The molecule has 4 rings (SSSR count). The number of rotatable bonds is 3. The quantitative estimate of drug-likeness (QED) is 0.886. The maximum absolute atomic E-state index is 12.9. The minimum Gasteiger partial charge on any atom is -0.481 e. The highest BCUT2D eigenvalue weighted by Crippen LogP contribution is 2.42. The number of hydrogen-bond acceptors (Lipinski definition) is 3. The third-order valence-corrected chi connectivity index (χ3v) is 6.57. The van der Waals surface area contributed by atoms with Gasteiger partial charge in [-0.2, -0.15) is 0 Å². The molecular weight excluding hydrogens is 356 g/mol. The molecule has 2 saturated heterocycles.